The fraction of sp³-hybridized carbons (Fsp3) is 0.526. The van der Waals surface area contributed by atoms with E-state index in [2.05, 4.69) is 9.97 Å². The van der Waals surface area contributed by atoms with E-state index < -0.39 is 5.60 Å². The van der Waals surface area contributed by atoms with Gasteiger partial charge in [0, 0.05) is 31.9 Å². The van der Waals surface area contributed by atoms with Crippen LogP contribution in [0.4, 0.5) is 4.79 Å². The van der Waals surface area contributed by atoms with Crippen LogP contribution in [-0.2, 0) is 4.74 Å². The highest BCUT2D eigenvalue weighted by Gasteiger charge is 2.29. The summed E-state index contributed by atoms with van der Waals surface area (Å²) in [4.78, 5) is 35.5. The van der Waals surface area contributed by atoms with Crippen LogP contribution in [0.5, 0.6) is 0 Å². The Kier molecular flexibility index (Phi) is 6.23. The molecule has 1 aromatic rings. The molecule has 0 aromatic carbocycles. The minimum Gasteiger partial charge on any atom is -0.444 e. The van der Waals surface area contributed by atoms with Crippen LogP contribution >= 0.6 is 0 Å². The smallest absolute Gasteiger partial charge is 0.410 e. The van der Waals surface area contributed by atoms with Crippen molar-refractivity contribution in [1.82, 2.24) is 19.8 Å². The van der Waals surface area contributed by atoms with Gasteiger partial charge in [-0.25, -0.2) is 9.78 Å². The average molecular weight is 360 g/mol. The van der Waals surface area contributed by atoms with Crippen molar-refractivity contribution in [1.29, 1.82) is 0 Å². The molecule has 1 aliphatic heterocycles. The molecule has 1 saturated heterocycles. The first-order valence-corrected chi connectivity index (χ1v) is 8.84. The van der Waals surface area contributed by atoms with Gasteiger partial charge in [0.1, 0.15) is 5.60 Å². The average Bonchev–Trinajstić information content (AvgIpc) is 2.94. The molecule has 1 fully saturated rings. The van der Waals surface area contributed by atoms with Crippen LogP contribution in [0.2, 0.25) is 0 Å². The molecule has 0 saturated carbocycles. The van der Waals surface area contributed by atoms with Crippen LogP contribution in [0.3, 0.4) is 0 Å². The minimum absolute atomic E-state index is 0.150. The topological polar surface area (TPSA) is 78.5 Å². The van der Waals surface area contributed by atoms with Crippen molar-refractivity contribution in [3.05, 3.63) is 35.4 Å². The predicted octanol–water partition coefficient (Wildman–Crippen LogP) is 3.00. The molecule has 2 amide bonds. The number of imidazole rings is 1. The van der Waals surface area contributed by atoms with Gasteiger partial charge in [-0.1, -0.05) is 18.2 Å². The zero-order chi connectivity index (χ0) is 19.3. The molecular formula is C19H28N4O3. The van der Waals surface area contributed by atoms with E-state index in [0.717, 1.165) is 11.4 Å². The summed E-state index contributed by atoms with van der Waals surface area (Å²) in [6, 6.07) is 0. The van der Waals surface area contributed by atoms with Gasteiger partial charge in [0.2, 0.25) is 0 Å². The summed E-state index contributed by atoms with van der Waals surface area (Å²) >= 11 is 0. The molecule has 26 heavy (non-hydrogen) atoms. The van der Waals surface area contributed by atoms with E-state index in [9.17, 15) is 9.59 Å². The van der Waals surface area contributed by atoms with Gasteiger partial charge < -0.3 is 19.5 Å². The summed E-state index contributed by atoms with van der Waals surface area (Å²) in [5.74, 6) is 0.177. The maximum absolute atomic E-state index is 12.7. The Morgan fingerprint density at radius 3 is 2.31 bits per heavy atom. The zero-order valence-electron chi connectivity index (χ0n) is 16.2. The van der Waals surface area contributed by atoms with Gasteiger partial charge in [0.05, 0.1) is 5.69 Å². The highest BCUT2D eigenvalue weighted by molar-refractivity contribution is 5.91. The third-order valence-electron chi connectivity index (χ3n) is 3.90. The van der Waals surface area contributed by atoms with Gasteiger partial charge >= 0.3 is 6.09 Å². The summed E-state index contributed by atoms with van der Waals surface area (Å²) in [6.07, 6.45) is 7.25. The number of amides is 2. The quantitative estimate of drug-likeness (QED) is 0.841. The molecule has 1 N–H and O–H groups in total. The van der Waals surface area contributed by atoms with Crippen LogP contribution in [0, 0.1) is 6.92 Å². The fourth-order valence-corrected chi connectivity index (χ4v) is 2.56. The fourth-order valence-electron chi connectivity index (χ4n) is 2.56. The Morgan fingerprint density at radius 1 is 1.12 bits per heavy atom. The Hall–Kier alpha value is -2.57. The lowest BCUT2D eigenvalue weighted by molar-refractivity contribution is 0.0139. The summed E-state index contributed by atoms with van der Waals surface area (Å²) in [6.45, 7) is 11.2. The van der Waals surface area contributed by atoms with Crippen molar-refractivity contribution in [3.63, 3.8) is 0 Å². The van der Waals surface area contributed by atoms with E-state index in [-0.39, 0.29) is 12.0 Å². The first kappa shape index (κ1) is 19.8. The van der Waals surface area contributed by atoms with E-state index in [0.29, 0.717) is 32.0 Å². The normalized spacial score (nSPS) is 15.9. The molecule has 2 heterocycles. The third kappa shape index (κ3) is 5.21. The number of rotatable bonds is 3. The lowest BCUT2D eigenvalue weighted by Crippen LogP contribution is -2.51. The molecule has 7 nitrogen and oxygen atoms in total. The van der Waals surface area contributed by atoms with Gasteiger partial charge in [-0.05, 0) is 40.7 Å². The number of nitrogens with one attached hydrogen (secondary N) is 1. The molecule has 0 atom stereocenters. The molecule has 142 valence electrons. The molecule has 7 heteroatoms. The lowest BCUT2D eigenvalue weighted by Gasteiger charge is -2.35. The summed E-state index contributed by atoms with van der Waals surface area (Å²) in [5.41, 5.74) is 1.08. The molecule has 0 bridgehead atoms. The number of piperazine rings is 1. The molecule has 1 aromatic heterocycles. The van der Waals surface area contributed by atoms with Gasteiger partial charge in [-0.2, -0.15) is 0 Å². The number of hydrogen-bond donors (Lipinski definition) is 1. The number of allylic oxidation sites excluding steroid dienone is 3. The van der Waals surface area contributed by atoms with Crippen LogP contribution < -0.4 is 0 Å². The Morgan fingerprint density at radius 2 is 1.73 bits per heavy atom. The predicted molar refractivity (Wildman–Crippen MR) is 101 cm³/mol. The number of carbonyl (C=O) groups is 2. The third-order valence-corrected chi connectivity index (χ3v) is 3.90. The molecule has 1 aliphatic rings. The van der Waals surface area contributed by atoms with Crippen LogP contribution in [0.15, 0.2) is 18.2 Å². The number of hydrogen-bond acceptors (Lipinski definition) is 4. The highest BCUT2D eigenvalue weighted by Crippen LogP contribution is 2.14. The van der Waals surface area contributed by atoms with Crippen LogP contribution in [0.25, 0.3) is 6.08 Å². The van der Waals surface area contributed by atoms with E-state index in [1.807, 2.05) is 58.9 Å². The Bertz CT molecular complexity index is 705. The van der Waals surface area contributed by atoms with Crippen molar-refractivity contribution < 1.29 is 14.3 Å². The largest absolute Gasteiger partial charge is 0.444 e. The van der Waals surface area contributed by atoms with Gasteiger partial charge in [0.15, 0.2) is 5.82 Å². The highest BCUT2D eigenvalue weighted by atomic mass is 16.6. The molecule has 0 spiro atoms. The first-order valence-electron chi connectivity index (χ1n) is 8.84. The second-order valence-corrected chi connectivity index (χ2v) is 7.24. The van der Waals surface area contributed by atoms with E-state index in [1.165, 1.54) is 0 Å². The summed E-state index contributed by atoms with van der Waals surface area (Å²) in [7, 11) is 0. The minimum atomic E-state index is -0.521. The number of aryl methyl sites for hydroxylation is 1. The number of carbonyl (C=O) groups excluding carboxylic acids is 2. The number of aromatic nitrogens is 2. The van der Waals surface area contributed by atoms with E-state index >= 15 is 0 Å². The molecule has 2 rings (SSSR count). The molecular weight excluding hydrogens is 332 g/mol. The lowest BCUT2D eigenvalue weighted by atomic mass is 10.2. The number of aromatic amines is 1. The van der Waals surface area contributed by atoms with Crippen molar-refractivity contribution in [3.8, 4) is 0 Å². The number of nitrogens with zero attached hydrogens (tertiary/aromatic N) is 3. The maximum Gasteiger partial charge on any atom is 0.410 e. The molecule has 0 radical (unpaired) electrons. The summed E-state index contributed by atoms with van der Waals surface area (Å²) in [5, 5.41) is 0. The maximum atomic E-state index is 12.7. The molecule has 0 aliphatic carbocycles. The van der Waals surface area contributed by atoms with Gasteiger partial charge in [0.25, 0.3) is 5.91 Å². The monoisotopic (exact) mass is 360 g/mol. The van der Waals surface area contributed by atoms with Crippen LogP contribution in [-0.4, -0.2) is 63.5 Å². The van der Waals surface area contributed by atoms with E-state index in [1.54, 1.807) is 9.80 Å². The van der Waals surface area contributed by atoms with Gasteiger partial charge in [-0.3, -0.25) is 4.79 Å². The Balaban J connectivity index is 1.96. The summed E-state index contributed by atoms with van der Waals surface area (Å²) < 4.78 is 5.38. The first-order chi connectivity index (χ1) is 12.2. The van der Waals surface area contributed by atoms with Crippen molar-refractivity contribution in [2.24, 2.45) is 0 Å². The van der Waals surface area contributed by atoms with Crippen LogP contribution in [0.1, 0.15) is 49.7 Å². The second-order valence-electron chi connectivity index (χ2n) is 7.24. The number of H-pyrrole nitrogens is 1. The zero-order valence-corrected chi connectivity index (χ0v) is 16.2. The Labute approximate surface area is 154 Å². The SMILES string of the molecule is C/C=C/C=C\c1nc(C(=O)N2CCN(C(=O)OC(C)(C)C)CC2)[nH]c1C. The van der Waals surface area contributed by atoms with E-state index in [4.69, 9.17) is 4.74 Å². The standard InChI is InChI=1S/C19H28N4O3/c1-6-7-8-9-15-14(2)20-16(21-15)17(24)22-10-12-23(13-11-22)18(25)26-19(3,4)5/h6-9H,10-13H2,1-5H3,(H,20,21)/b7-6+,9-8-. The van der Waals surface area contributed by atoms with Gasteiger partial charge in [-0.15, -0.1) is 0 Å². The van der Waals surface area contributed by atoms with Crippen molar-refractivity contribution in [2.75, 3.05) is 26.2 Å². The molecule has 0 unspecified atom stereocenters. The second kappa shape index (κ2) is 8.21. The van der Waals surface area contributed by atoms with Crippen molar-refractivity contribution in [2.45, 2.75) is 40.2 Å². The number of ether oxygens (including phenoxy) is 1. The van der Waals surface area contributed by atoms with Crippen molar-refractivity contribution >= 4 is 18.1 Å².